The summed E-state index contributed by atoms with van der Waals surface area (Å²) >= 11 is 0. The molecule has 0 aromatic carbocycles. The molecule has 0 atom stereocenters. The quantitative estimate of drug-likeness (QED) is 0.171. The lowest BCUT2D eigenvalue weighted by atomic mass is 9.88. The number of hydrogen-bond acceptors (Lipinski definition) is 4. The van der Waals surface area contributed by atoms with Gasteiger partial charge in [-0.05, 0) is 0 Å². The lowest BCUT2D eigenvalue weighted by molar-refractivity contribution is -0.461. The van der Waals surface area contributed by atoms with Crippen LogP contribution in [-0.2, 0) is 14.9 Å². The van der Waals surface area contributed by atoms with E-state index in [2.05, 4.69) is 9.73 Å². The molecule has 40 heavy (non-hydrogen) atoms. The maximum atomic E-state index is 13.6. The number of ether oxygens (including phenoxy) is 1. The highest BCUT2D eigenvalue weighted by Crippen LogP contribution is 2.64. The van der Waals surface area contributed by atoms with E-state index in [0.717, 1.165) is 0 Å². The highest BCUT2D eigenvalue weighted by atomic mass is 32.2. The molecule has 1 aliphatic rings. The first-order chi connectivity index (χ1) is 17.1. The van der Waals surface area contributed by atoms with Crippen molar-refractivity contribution in [3.8, 4) is 0 Å². The van der Waals surface area contributed by atoms with Crippen LogP contribution in [0.4, 0.5) is 87.8 Å². The van der Waals surface area contributed by atoms with Gasteiger partial charge in [0, 0.05) is 12.8 Å². The number of alkyl halides is 20. The molecule has 0 aliphatic carbocycles. The Morgan fingerprint density at radius 3 is 1.23 bits per heavy atom. The van der Waals surface area contributed by atoms with E-state index in [1.165, 1.54) is 0 Å². The standard InChI is InChI=1S/C13H8F17NO.CHF3O3S/c14-6(15,2-1-5-31-3-4-32-5)7(16,17)8(18,19)9(20,21)10(22,23)11(24,25)12(26,27)13(28,29)30;2-1(3,4)8(5,6)7/h1-4H2;(H,5,6,7). The fraction of sp³-hybridized carbons (Fsp3) is 0.929. The average molecular weight is 667 g/mol. The molecule has 240 valence electrons. The Balaban J connectivity index is 0.00000165. The van der Waals surface area contributed by atoms with Crippen LogP contribution in [0.2, 0.25) is 0 Å². The van der Waals surface area contributed by atoms with E-state index in [-0.39, 0.29) is 13.2 Å². The lowest BCUT2D eigenvalue weighted by Gasteiger charge is -2.42. The second kappa shape index (κ2) is 10.7. The van der Waals surface area contributed by atoms with Crippen LogP contribution in [0.3, 0.4) is 0 Å². The minimum atomic E-state index is -8.61. The molecule has 0 amide bonds. The molecule has 0 bridgehead atoms. The molecule has 5 nitrogen and oxygen atoms in total. The van der Waals surface area contributed by atoms with Crippen LogP contribution >= 0.6 is 0 Å². The van der Waals surface area contributed by atoms with Gasteiger partial charge in [0.25, 0.3) is 0 Å². The first-order valence-electron chi connectivity index (χ1n) is 8.99. The molecule has 0 saturated carbocycles. The largest absolute Gasteiger partial charge is 0.522 e. The van der Waals surface area contributed by atoms with Crippen LogP contribution in [0.1, 0.15) is 12.8 Å². The third kappa shape index (κ3) is 6.39. The zero-order valence-corrected chi connectivity index (χ0v) is 18.7. The van der Waals surface area contributed by atoms with Gasteiger partial charge in [0.05, 0.1) is 6.54 Å². The zero-order valence-electron chi connectivity index (χ0n) is 17.9. The highest BCUT2D eigenvalue weighted by Gasteiger charge is 2.95. The second-order valence-electron chi connectivity index (χ2n) is 7.19. The molecular formula is C14H9F20NO4S. The fourth-order valence-electron chi connectivity index (χ4n) is 2.15. The molecule has 0 spiro atoms. The molecule has 0 fully saturated rings. The molecule has 1 rings (SSSR count). The second-order valence-corrected chi connectivity index (χ2v) is 8.61. The number of halogens is 20. The first kappa shape index (κ1) is 38.0. The van der Waals surface area contributed by atoms with Crippen molar-refractivity contribution in [3.05, 3.63) is 0 Å². The van der Waals surface area contributed by atoms with Crippen LogP contribution in [-0.4, -0.2) is 85.2 Å². The molecule has 1 heterocycles. The summed E-state index contributed by atoms with van der Waals surface area (Å²) in [4.78, 5) is 3.22. The van der Waals surface area contributed by atoms with Crippen molar-refractivity contribution in [3.63, 3.8) is 0 Å². The summed E-state index contributed by atoms with van der Waals surface area (Å²) in [5, 5.41) is 0. The topological polar surface area (TPSA) is 76.0 Å². The number of hydrogen-bond donors (Lipinski definition) is 1. The van der Waals surface area contributed by atoms with Crippen molar-refractivity contribution in [1.29, 1.82) is 0 Å². The summed E-state index contributed by atoms with van der Waals surface area (Å²) in [5.41, 5.74) is -5.53. The first-order valence-corrected chi connectivity index (χ1v) is 10.4. The Bertz CT molecular complexity index is 1030. The summed E-state index contributed by atoms with van der Waals surface area (Å²) in [6.45, 7) is -0.513. The maximum absolute atomic E-state index is 13.6. The molecule has 0 aromatic rings. The number of nitrogens with zero attached hydrogens (tertiary/aromatic N) is 1. The Kier molecular flexibility index (Phi) is 10.1. The van der Waals surface area contributed by atoms with Gasteiger partial charge < -0.3 is 4.74 Å². The molecule has 1 aliphatic heterocycles. The maximum Gasteiger partial charge on any atom is 0.522 e. The van der Waals surface area contributed by atoms with E-state index in [4.69, 9.17) is 13.0 Å². The summed E-state index contributed by atoms with van der Waals surface area (Å²) in [6.07, 6.45) is -11.8. The summed E-state index contributed by atoms with van der Waals surface area (Å²) in [5.74, 6) is -56.9. The molecule has 0 aromatic heterocycles. The number of aliphatic imine (C=N–C) groups is 1. The molecular weight excluding hydrogens is 658 g/mol. The van der Waals surface area contributed by atoms with Crippen LogP contribution in [0.5, 0.6) is 0 Å². The van der Waals surface area contributed by atoms with Gasteiger partial charge in [0.15, 0.2) is 5.90 Å². The van der Waals surface area contributed by atoms with E-state index >= 15 is 0 Å². The predicted molar refractivity (Wildman–Crippen MR) is 85.8 cm³/mol. The van der Waals surface area contributed by atoms with Gasteiger partial charge in [0.2, 0.25) is 0 Å². The monoisotopic (exact) mass is 667 g/mol. The zero-order chi connectivity index (χ0) is 32.8. The van der Waals surface area contributed by atoms with Crippen molar-refractivity contribution in [2.24, 2.45) is 4.99 Å². The smallest absolute Gasteiger partial charge is 0.479 e. The van der Waals surface area contributed by atoms with Crippen molar-refractivity contribution in [2.45, 2.75) is 66.0 Å². The van der Waals surface area contributed by atoms with Gasteiger partial charge in [-0.25, -0.2) is 0 Å². The van der Waals surface area contributed by atoms with Crippen LogP contribution in [0.15, 0.2) is 4.99 Å². The van der Waals surface area contributed by atoms with E-state index in [1.807, 2.05) is 0 Å². The van der Waals surface area contributed by atoms with Gasteiger partial charge in [-0.15, -0.1) is 0 Å². The minimum Gasteiger partial charge on any atom is -0.479 e. The van der Waals surface area contributed by atoms with E-state index in [1.54, 1.807) is 0 Å². The van der Waals surface area contributed by atoms with Crippen molar-refractivity contribution in [2.75, 3.05) is 13.2 Å². The SMILES string of the molecule is FC(F)(F)C(F)(F)C(F)(F)C(F)(F)C(F)(F)C(F)(F)C(F)(F)C(F)(F)CCC1=NCCO1.O=S(=O)(O)C(F)(F)F. The van der Waals surface area contributed by atoms with E-state index < -0.39 is 82.0 Å². The Morgan fingerprint density at radius 2 is 0.950 bits per heavy atom. The minimum absolute atomic E-state index is 0.222. The van der Waals surface area contributed by atoms with Crippen molar-refractivity contribution < 1.29 is 106 Å². The van der Waals surface area contributed by atoms with Gasteiger partial charge >= 0.3 is 63.3 Å². The van der Waals surface area contributed by atoms with Crippen LogP contribution in [0.25, 0.3) is 0 Å². The van der Waals surface area contributed by atoms with Crippen molar-refractivity contribution >= 4 is 16.0 Å². The van der Waals surface area contributed by atoms with Gasteiger partial charge in [-0.3, -0.25) is 9.55 Å². The molecule has 1 N–H and O–H groups in total. The summed E-state index contributed by atoms with van der Waals surface area (Å²) in [7, 11) is -5.84. The summed E-state index contributed by atoms with van der Waals surface area (Å²) in [6, 6.07) is 0. The third-order valence-corrected chi connectivity index (χ3v) is 4.97. The van der Waals surface area contributed by atoms with Gasteiger partial charge in [-0.1, -0.05) is 0 Å². The van der Waals surface area contributed by atoms with E-state index in [9.17, 15) is 87.8 Å². The van der Waals surface area contributed by atoms with Crippen molar-refractivity contribution in [1.82, 2.24) is 0 Å². The average Bonchev–Trinajstić information content (AvgIpc) is 3.23. The van der Waals surface area contributed by atoms with Gasteiger partial charge in [0.1, 0.15) is 6.61 Å². The third-order valence-electron chi connectivity index (χ3n) is 4.38. The molecule has 0 saturated heterocycles. The fourth-order valence-corrected chi connectivity index (χ4v) is 2.15. The predicted octanol–water partition coefficient (Wildman–Crippen LogP) is 6.60. The van der Waals surface area contributed by atoms with E-state index in [0.29, 0.717) is 0 Å². The molecule has 0 radical (unpaired) electrons. The van der Waals surface area contributed by atoms with Gasteiger partial charge in [-0.2, -0.15) is 96.2 Å². The van der Waals surface area contributed by atoms with Crippen LogP contribution in [0, 0.1) is 0 Å². The molecule has 0 unspecified atom stereocenters. The Hall–Kier alpha value is -2.02. The highest BCUT2D eigenvalue weighted by molar-refractivity contribution is 7.86. The number of rotatable bonds is 9. The normalized spacial score (nSPS) is 17.2. The Labute approximate surface area is 206 Å². The molecule has 26 heteroatoms. The summed E-state index contributed by atoms with van der Waals surface area (Å²) < 4.78 is 284. The Morgan fingerprint density at radius 1 is 0.625 bits per heavy atom. The van der Waals surface area contributed by atoms with Crippen LogP contribution < -0.4 is 0 Å². The lowest BCUT2D eigenvalue weighted by Crippen LogP contribution is -2.74.